The molecule has 1 aliphatic heterocycles. The first-order valence-electron chi connectivity index (χ1n) is 10.2. The number of benzene rings is 1. The molecular weight excluding hydrogens is 360 g/mol. The number of piperidine rings is 1. The largest absolute Gasteiger partial charge is 0.497 e. The molecule has 2 aliphatic carbocycles. The Morgan fingerprint density at radius 2 is 2.04 bits per heavy atom. The molecule has 0 radical (unpaired) electrons. The molecule has 150 valence electrons. The highest BCUT2D eigenvalue weighted by molar-refractivity contribution is 5.85. The Morgan fingerprint density at radius 1 is 1.26 bits per heavy atom. The van der Waals surface area contributed by atoms with E-state index in [-0.39, 0.29) is 17.8 Å². The molecule has 1 saturated heterocycles. The predicted octanol–water partition coefficient (Wildman–Crippen LogP) is 3.68. The summed E-state index contributed by atoms with van der Waals surface area (Å²) in [6, 6.07) is 8.89. The van der Waals surface area contributed by atoms with Gasteiger partial charge in [0.25, 0.3) is 0 Å². The van der Waals surface area contributed by atoms with Gasteiger partial charge in [0.05, 0.1) is 12.5 Å². The normalized spacial score (nSPS) is 30.2. The molecule has 3 aliphatic rings. The smallest absolute Gasteiger partial charge is 0.229 e. The third-order valence-electron chi connectivity index (χ3n) is 7.25. The maximum atomic E-state index is 13.7. The van der Waals surface area contributed by atoms with E-state index in [0.29, 0.717) is 17.9 Å². The van der Waals surface area contributed by atoms with Crippen molar-refractivity contribution in [1.82, 2.24) is 10.2 Å². The average molecular weight is 393 g/mol. The van der Waals surface area contributed by atoms with Crippen LogP contribution in [-0.4, -0.2) is 44.1 Å². The van der Waals surface area contributed by atoms with Crippen LogP contribution < -0.4 is 10.1 Å². The molecular formula is C22H33ClN2O2. The Balaban J connectivity index is 0.00000210. The number of amides is 1. The zero-order valence-electron chi connectivity index (χ0n) is 16.6. The number of carbonyl (C=O) groups is 1. The summed E-state index contributed by atoms with van der Waals surface area (Å²) >= 11 is 0. The molecule has 0 aromatic heterocycles. The van der Waals surface area contributed by atoms with E-state index in [2.05, 4.69) is 28.4 Å². The quantitative estimate of drug-likeness (QED) is 0.831. The van der Waals surface area contributed by atoms with Crippen LogP contribution in [0, 0.1) is 17.3 Å². The lowest BCUT2D eigenvalue weighted by atomic mass is 9.68. The number of nitrogens with zero attached hydrogens (tertiary/aromatic N) is 1. The number of hydrogen-bond acceptors (Lipinski definition) is 3. The number of hydrogen-bond donors (Lipinski definition) is 1. The molecule has 0 spiro atoms. The third kappa shape index (κ3) is 3.84. The number of fused-ring (bicyclic) bond motifs is 2. The minimum Gasteiger partial charge on any atom is -0.497 e. The molecule has 2 bridgehead atoms. The molecule has 27 heavy (non-hydrogen) atoms. The van der Waals surface area contributed by atoms with E-state index in [0.717, 1.165) is 50.4 Å². The Morgan fingerprint density at radius 3 is 2.63 bits per heavy atom. The Kier molecular flexibility index (Phi) is 6.37. The van der Waals surface area contributed by atoms with Gasteiger partial charge in [-0.05, 0) is 75.1 Å². The fourth-order valence-electron chi connectivity index (χ4n) is 5.83. The van der Waals surface area contributed by atoms with Crippen LogP contribution in [0.1, 0.15) is 44.1 Å². The summed E-state index contributed by atoms with van der Waals surface area (Å²) in [6.45, 7) is 1.81. The van der Waals surface area contributed by atoms with Crippen molar-refractivity contribution < 1.29 is 9.53 Å². The van der Waals surface area contributed by atoms with Gasteiger partial charge < -0.3 is 15.0 Å². The monoisotopic (exact) mass is 392 g/mol. The predicted molar refractivity (Wildman–Crippen MR) is 110 cm³/mol. The molecule has 4 nitrogen and oxygen atoms in total. The van der Waals surface area contributed by atoms with Crippen molar-refractivity contribution in [2.45, 2.75) is 51.0 Å². The second kappa shape index (κ2) is 8.40. The number of likely N-dealkylation sites (tertiary alicyclic amines) is 1. The van der Waals surface area contributed by atoms with Gasteiger partial charge in [-0.1, -0.05) is 18.6 Å². The van der Waals surface area contributed by atoms with E-state index in [1.807, 2.05) is 13.1 Å². The van der Waals surface area contributed by atoms with Crippen LogP contribution in [0.4, 0.5) is 0 Å². The summed E-state index contributed by atoms with van der Waals surface area (Å²) in [5.74, 6) is 2.64. The van der Waals surface area contributed by atoms with Gasteiger partial charge in [-0.15, -0.1) is 12.4 Å². The third-order valence-corrected chi connectivity index (χ3v) is 7.25. The van der Waals surface area contributed by atoms with Crippen molar-refractivity contribution in [1.29, 1.82) is 0 Å². The minimum atomic E-state index is -0.179. The molecule has 3 unspecified atom stereocenters. The lowest BCUT2D eigenvalue weighted by Crippen LogP contribution is -2.52. The Bertz CT molecular complexity index is 659. The standard InChI is InChI=1S/C22H32N2O2.ClH/c1-23-19-8-10-24(11-9-19)21(25)22(15-17-6-7-18(22)12-17)14-16-4-3-5-20(13-16)26-2;/h3-5,13,17-19,23H,6-12,14-15H2,1-2H3;1H. The molecule has 1 amide bonds. The summed E-state index contributed by atoms with van der Waals surface area (Å²) in [5.41, 5.74) is 1.07. The van der Waals surface area contributed by atoms with Crippen molar-refractivity contribution in [3.8, 4) is 5.75 Å². The SMILES string of the molecule is CNC1CCN(C(=O)C2(Cc3cccc(OC)c3)CC3CCC2C3)CC1.Cl. The fraction of sp³-hybridized carbons (Fsp3) is 0.682. The topological polar surface area (TPSA) is 41.6 Å². The van der Waals surface area contributed by atoms with Gasteiger partial charge in [0.2, 0.25) is 5.91 Å². The molecule has 1 aromatic carbocycles. The van der Waals surface area contributed by atoms with Gasteiger partial charge in [0.15, 0.2) is 0 Å². The van der Waals surface area contributed by atoms with Gasteiger partial charge in [0.1, 0.15) is 5.75 Å². The molecule has 4 rings (SSSR count). The van der Waals surface area contributed by atoms with E-state index < -0.39 is 0 Å². The van der Waals surface area contributed by atoms with Crippen LogP contribution in [0.15, 0.2) is 24.3 Å². The molecule has 1 aromatic rings. The number of halogens is 1. The molecule has 1 heterocycles. The maximum Gasteiger partial charge on any atom is 0.229 e. The summed E-state index contributed by atoms with van der Waals surface area (Å²) in [6.07, 6.45) is 7.91. The number of ether oxygens (including phenoxy) is 1. The van der Waals surface area contributed by atoms with Crippen molar-refractivity contribution in [2.24, 2.45) is 17.3 Å². The Labute approximate surface area is 169 Å². The van der Waals surface area contributed by atoms with Crippen molar-refractivity contribution >= 4 is 18.3 Å². The average Bonchev–Trinajstić information content (AvgIpc) is 3.29. The van der Waals surface area contributed by atoms with Gasteiger partial charge in [0, 0.05) is 19.1 Å². The minimum absolute atomic E-state index is 0. The first-order chi connectivity index (χ1) is 12.6. The number of methoxy groups -OCH3 is 1. The molecule has 5 heteroatoms. The summed E-state index contributed by atoms with van der Waals surface area (Å²) in [4.78, 5) is 15.9. The number of rotatable bonds is 5. The lowest BCUT2D eigenvalue weighted by Gasteiger charge is -2.43. The van der Waals surface area contributed by atoms with Crippen molar-refractivity contribution in [2.75, 3.05) is 27.2 Å². The first-order valence-corrected chi connectivity index (χ1v) is 10.2. The maximum absolute atomic E-state index is 13.7. The second-order valence-corrected chi connectivity index (χ2v) is 8.62. The van der Waals surface area contributed by atoms with Gasteiger partial charge in [-0.2, -0.15) is 0 Å². The molecule has 1 N–H and O–H groups in total. The highest BCUT2D eigenvalue weighted by atomic mass is 35.5. The van der Waals surface area contributed by atoms with Crippen molar-refractivity contribution in [3.63, 3.8) is 0 Å². The fourth-order valence-corrected chi connectivity index (χ4v) is 5.83. The highest BCUT2D eigenvalue weighted by Crippen LogP contribution is 2.58. The summed E-state index contributed by atoms with van der Waals surface area (Å²) in [7, 11) is 3.74. The van der Waals surface area contributed by atoms with Gasteiger partial charge in [-0.25, -0.2) is 0 Å². The summed E-state index contributed by atoms with van der Waals surface area (Å²) in [5, 5.41) is 3.37. The van der Waals surface area contributed by atoms with Gasteiger partial charge >= 0.3 is 0 Å². The van der Waals surface area contributed by atoms with E-state index in [4.69, 9.17) is 4.74 Å². The zero-order chi connectivity index (χ0) is 18.1. The van der Waals surface area contributed by atoms with Crippen LogP contribution >= 0.6 is 12.4 Å². The molecule has 3 fully saturated rings. The van der Waals surface area contributed by atoms with Crippen LogP contribution in [0.5, 0.6) is 5.75 Å². The Hall–Kier alpha value is -1.26. The van der Waals surface area contributed by atoms with Crippen molar-refractivity contribution in [3.05, 3.63) is 29.8 Å². The van der Waals surface area contributed by atoms with E-state index in [1.54, 1.807) is 7.11 Å². The number of carbonyl (C=O) groups excluding carboxylic acids is 1. The van der Waals surface area contributed by atoms with Crippen LogP contribution in [0.25, 0.3) is 0 Å². The molecule has 2 saturated carbocycles. The second-order valence-electron chi connectivity index (χ2n) is 8.62. The highest BCUT2D eigenvalue weighted by Gasteiger charge is 2.56. The van der Waals surface area contributed by atoms with E-state index in [9.17, 15) is 4.79 Å². The van der Waals surface area contributed by atoms with Gasteiger partial charge in [-0.3, -0.25) is 4.79 Å². The van der Waals surface area contributed by atoms with E-state index in [1.165, 1.54) is 24.8 Å². The van der Waals surface area contributed by atoms with Crippen LogP contribution in [0.2, 0.25) is 0 Å². The van der Waals surface area contributed by atoms with Crippen LogP contribution in [-0.2, 0) is 11.2 Å². The lowest BCUT2D eigenvalue weighted by molar-refractivity contribution is -0.146. The summed E-state index contributed by atoms with van der Waals surface area (Å²) < 4.78 is 5.41. The number of nitrogens with one attached hydrogen (secondary N) is 1. The molecule has 3 atom stereocenters. The first kappa shape index (κ1) is 20.5. The van der Waals surface area contributed by atoms with E-state index >= 15 is 0 Å². The van der Waals surface area contributed by atoms with Crippen LogP contribution in [0.3, 0.4) is 0 Å². The zero-order valence-corrected chi connectivity index (χ0v) is 17.4.